The Morgan fingerprint density at radius 1 is 1.16 bits per heavy atom. The van der Waals surface area contributed by atoms with Crippen LogP contribution in [0.5, 0.6) is 5.75 Å². The number of carbonyl (C=O) groups is 1. The van der Waals surface area contributed by atoms with Crippen LogP contribution in [0, 0.1) is 0 Å². The van der Waals surface area contributed by atoms with Gasteiger partial charge in [-0.3, -0.25) is 4.79 Å². The molecule has 2 aromatic heterocycles. The summed E-state index contributed by atoms with van der Waals surface area (Å²) in [4.78, 5) is 25.2. The lowest BCUT2D eigenvalue weighted by Gasteiger charge is -2.15. The fourth-order valence-corrected chi connectivity index (χ4v) is 3.78. The fourth-order valence-electron chi connectivity index (χ4n) is 3.78. The number of hydrogen-bond donors (Lipinski definition) is 2. The minimum Gasteiger partial charge on any atom is -0.494 e. The van der Waals surface area contributed by atoms with Crippen LogP contribution < -0.4 is 15.8 Å². The first-order valence-corrected chi connectivity index (χ1v) is 11.4. The highest BCUT2D eigenvalue weighted by atomic mass is 19.4. The fraction of sp³-hybridized carbons (Fsp3) is 0.231. The number of nitrogens with one attached hydrogen (secondary N) is 1. The van der Waals surface area contributed by atoms with E-state index in [-0.39, 0.29) is 47.9 Å². The molecule has 12 heteroatoms. The minimum atomic E-state index is -4.65. The van der Waals surface area contributed by atoms with Crippen LogP contribution in [0.1, 0.15) is 17.1 Å². The number of carbonyl (C=O) groups excluding carboxylic acids is 1. The quantitative estimate of drug-likeness (QED) is 0.206. The van der Waals surface area contributed by atoms with Crippen molar-refractivity contribution in [3.05, 3.63) is 78.0 Å². The molecule has 0 saturated heterocycles. The Hall–Kier alpha value is -4.45. The van der Waals surface area contributed by atoms with Gasteiger partial charge in [0.05, 0.1) is 31.2 Å². The van der Waals surface area contributed by atoms with Crippen molar-refractivity contribution in [2.45, 2.75) is 12.7 Å². The number of aryl methyl sites for hydroxylation is 1. The van der Waals surface area contributed by atoms with Gasteiger partial charge in [-0.25, -0.2) is 15.0 Å². The summed E-state index contributed by atoms with van der Waals surface area (Å²) in [5.41, 5.74) is 6.52. The second-order valence-corrected chi connectivity index (χ2v) is 8.22. The molecule has 0 spiro atoms. The van der Waals surface area contributed by atoms with Crippen molar-refractivity contribution in [3.8, 4) is 5.75 Å². The first-order chi connectivity index (χ1) is 18.1. The molecule has 3 N–H and O–H groups in total. The van der Waals surface area contributed by atoms with E-state index >= 15 is 0 Å². The van der Waals surface area contributed by atoms with Crippen LogP contribution in [0.4, 0.5) is 13.2 Å². The Bertz CT molecular complexity index is 1540. The number of alkyl halides is 3. The highest BCUT2D eigenvalue weighted by molar-refractivity contribution is 6.08. The zero-order chi connectivity index (χ0) is 27.4. The molecular formula is C26H25F3N6O3. The summed E-state index contributed by atoms with van der Waals surface area (Å²) >= 11 is 0. The van der Waals surface area contributed by atoms with Gasteiger partial charge >= 0.3 is 6.18 Å². The average Bonchev–Trinajstić information content (AvgIpc) is 3.23. The van der Waals surface area contributed by atoms with Crippen LogP contribution in [0.2, 0.25) is 0 Å². The summed E-state index contributed by atoms with van der Waals surface area (Å²) in [5.74, 6) is 0.461. The molecule has 0 atom stereocenters. The number of nitrogens with two attached hydrogens (primary N) is 1. The highest BCUT2D eigenvalue weighted by Crippen LogP contribution is 2.33. The minimum absolute atomic E-state index is 0.0392. The number of hydrogen-bond acceptors (Lipinski definition) is 7. The Labute approximate surface area is 215 Å². The maximum atomic E-state index is 13.3. The molecule has 198 valence electrons. The Kier molecular flexibility index (Phi) is 7.62. The number of amides is 1. The number of benzene rings is 2. The molecule has 2 heterocycles. The number of rotatable bonds is 8. The third kappa shape index (κ3) is 5.59. The molecule has 4 aromatic rings. The van der Waals surface area contributed by atoms with Crippen LogP contribution in [0.25, 0.3) is 21.9 Å². The van der Waals surface area contributed by atoms with Gasteiger partial charge in [-0.1, -0.05) is 18.7 Å². The molecule has 38 heavy (non-hydrogen) atoms. The van der Waals surface area contributed by atoms with Gasteiger partial charge in [0.15, 0.2) is 0 Å². The van der Waals surface area contributed by atoms with E-state index in [2.05, 4.69) is 26.9 Å². The lowest BCUT2D eigenvalue weighted by Crippen LogP contribution is -2.27. The van der Waals surface area contributed by atoms with Crippen LogP contribution in [-0.4, -0.2) is 46.5 Å². The number of para-hydroxylation sites is 2. The highest BCUT2D eigenvalue weighted by Gasteiger charge is 2.33. The third-order valence-corrected chi connectivity index (χ3v) is 5.72. The third-order valence-electron chi connectivity index (χ3n) is 5.72. The molecule has 2 aromatic carbocycles. The molecule has 1 amide bonds. The van der Waals surface area contributed by atoms with E-state index in [0.717, 1.165) is 17.1 Å². The summed E-state index contributed by atoms with van der Waals surface area (Å²) in [6, 6.07) is 12.7. The molecule has 9 nitrogen and oxygen atoms in total. The van der Waals surface area contributed by atoms with Crippen molar-refractivity contribution < 1.29 is 27.4 Å². The van der Waals surface area contributed by atoms with Crippen molar-refractivity contribution >= 4 is 33.7 Å². The van der Waals surface area contributed by atoms with Gasteiger partial charge in [0.1, 0.15) is 35.1 Å². The number of methoxy groups -OCH3 is 1. The summed E-state index contributed by atoms with van der Waals surface area (Å²) in [6.07, 6.45) is -4.65. The maximum Gasteiger partial charge on any atom is 0.433 e. The first-order valence-electron chi connectivity index (χ1n) is 11.4. The number of halogens is 3. The van der Waals surface area contributed by atoms with Crippen LogP contribution >= 0.6 is 0 Å². The van der Waals surface area contributed by atoms with Crippen molar-refractivity contribution in [1.82, 2.24) is 19.9 Å². The largest absolute Gasteiger partial charge is 0.494 e. The molecule has 0 fully saturated rings. The first kappa shape index (κ1) is 26.6. The smallest absolute Gasteiger partial charge is 0.433 e. The molecule has 4 rings (SSSR count). The molecular weight excluding hydrogens is 501 g/mol. The Balaban J connectivity index is 1.62. The zero-order valence-electron chi connectivity index (χ0n) is 20.7. The Morgan fingerprint density at radius 3 is 2.61 bits per heavy atom. The predicted molar refractivity (Wildman–Crippen MR) is 137 cm³/mol. The molecule has 0 aliphatic carbocycles. The van der Waals surface area contributed by atoms with E-state index in [9.17, 15) is 18.0 Å². The summed E-state index contributed by atoms with van der Waals surface area (Å²) in [5, 5.41) is 3.04. The Morgan fingerprint density at radius 2 is 1.92 bits per heavy atom. The van der Waals surface area contributed by atoms with E-state index in [4.69, 9.17) is 15.2 Å². The standard InChI is InChI=1S/C26H25F3N6O3/c1-15(12-30)38-25(17-8-10-20(37-3)24-16(17)9-11-21(34-24)26(27,28)29)32-14-23(36)31-13-22-33-18-6-4-5-7-19(18)35(22)2/h4-11H,1,12-14,30H2,2-3H3,(H,31,36). The van der Waals surface area contributed by atoms with E-state index in [0.29, 0.717) is 11.4 Å². The van der Waals surface area contributed by atoms with Crippen molar-refractivity contribution in [2.75, 3.05) is 20.2 Å². The number of pyridine rings is 1. The monoisotopic (exact) mass is 526 g/mol. The van der Waals surface area contributed by atoms with Crippen molar-refractivity contribution in [2.24, 2.45) is 17.8 Å². The van der Waals surface area contributed by atoms with Gasteiger partial charge in [-0.15, -0.1) is 0 Å². The number of nitrogens with zero attached hydrogens (tertiary/aromatic N) is 4. The van der Waals surface area contributed by atoms with Gasteiger partial charge in [0.25, 0.3) is 0 Å². The molecule has 0 aliphatic rings. The maximum absolute atomic E-state index is 13.3. The molecule has 0 unspecified atom stereocenters. The second-order valence-electron chi connectivity index (χ2n) is 8.22. The zero-order valence-corrected chi connectivity index (χ0v) is 20.7. The van der Waals surface area contributed by atoms with Crippen LogP contribution in [0.15, 0.2) is 65.9 Å². The topological polar surface area (TPSA) is 117 Å². The van der Waals surface area contributed by atoms with E-state index < -0.39 is 17.8 Å². The summed E-state index contributed by atoms with van der Waals surface area (Å²) in [7, 11) is 3.18. The number of imidazole rings is 1. The van der Waals surface area contributed by atoms with Crippen LogP contribution in [0.3, 0.4) is 0 Å². The van der Waals surface area contributed by atoms with E-state index in [1.165, 1.54) is 19.2 Å². The number of ether oxygens (including phenoxy) is 2. The van der Waals surface area contributed by atoms with Gasteiger partial charge in [-0.2, -0.15) is 13.2 Å². The molecule has 0 radical (unpaired) electrons. The predicted octanol–water partition coefficient (Wildman–Crippen LogP) is 3.70. The van der Waals surface area contributed by atoms with Gasteiger partial charge < -0.3 is 25.1 Å². The number of fused-ring (bicyclic) bond motifs is 2. The normalized spacial score (nSPS) is 12.1. The lowest BCUT2D eigenvalue weighted by molar-refractivity contribution is -0.141. The SMILES string of the molecule is C=C(CN)OC(=NCC(=O)NCc1nc2ccccc2n1C)c1ccc(OC)c2nc(C(F)(F)F)ccc12. The van der Waals surface area contributed by atoms with Crippen molar-refractivity contribution in [1.29, 1.82) is 0 Å². The lowest BCUT2D eigenvalue weighted by atomic mass is 10.1. The van der Waals surface area contributed by atoms with Crippen LogP contribution in [-0.2, 0) is 29.3 Å². The number of aromatic nitrogens is 3. The molecule has 0 aliphatic heterocycles. The second kappa shape index (κ2) is 10.9. The van der Waals surface area contributed by atoms with Gasteiger partial charge in [0.2, 0.25) is 11.8 Å². The number of aliphatic imine (C=N–C) groups is 1. The summed E-state index contributed by atoms with van der Waals surface area (Å²) in [6.45, 7) is 3.50. The molecule has 0 saturated carbocycles. The van der Waals surface area contributed by atoms with Crippen molar-refractivity contribution in [3.63, 3.8) is 0 Å². The van der Waals surface area contributed by atoms with Gasteiger partial charge in [0, 0.05) is 18.0 Å². The average molecular weight is 527 g/mol. The van der Waals surface area contributed by atoms with E-state index in [1.54, 1.807) is 6.07 Å². The molecule has 0 bridgehead atoms. The summed E-state index contributed by atoms with van der Waals surface area (Å²) < 4.78 is 52.6. The van der Waals surface area contributed by atoms with Gasteiger partial charge in [-0.05, 0) is 36.4 Å². The van der Waals surface area contributed by atoms with E-state index in [1.807, 2.05) is 35.9 Å².